The van der Waals surface area contributed by atoms with Gasteiger partial charge in [-0.25, -0.2) is 9.97 Å². The van der Waals surface area contributed by atoms with Gasteiger partial charge < -0.3 is 14.4 Å². The largest absolute Gasteiger partial charge is 0.458 e. The third-order valence-electron chi connectivity index (χ3n) is 5.91. The van der Waals surface area contributed by atoms with E-state index < -0.39 is 0 Å². The number of ether oxygens (including phenoxy) is 2. The molecule has 0 saturated carbocycles. The van der Waals surface area contributed by atoms with Crippen molar-refractivity contribution in [2.75, 3.05) is 31.2 Å². The Morgan fingerprint density at radius 3 is 2.82 bits per heavy atom. The van der Waals surface area contributed by atoms with E-state index in [9.17, 15) is 0 Å². The average molecular weight is 400 g/mol. The number of nitrogens with zero attached hydrogens (tertiary/aromatic N) is 3. The first-order valence-corrected chi connectivity index (χ1v) is 11.2. The predicted octanol–water partition coefficient (Wildman–Crippen LogP) is 3.55. The highest BCUT2D eigenvalue weighted by Gasteiger charge is 2.28. The quantitative estimate of drug-likeness (QED) is 0.671. The molecule has 1 saturated heterocycles. The minimum Gasteiger partial charge on any atom is -0.458 e. The maximum absolute atomic E-state index is 6.16. The average Bonchev–Trinajstić information content (AvgIpc) is 3.13. The third-order valence-corrected chi connectivity index (χ3v) is 6.98. The van der Waals surface area contributed by atoms with Crippen LogP contribution in [0.3, 0.4) is 0 Å². The molecule has 3 aromatic heterocycles. The fourth-order valence-corrected chi connectivity index (χ4v) is 5.36. The monoisotopic (exact) mass is 399 g/mol. The molecular formula is C21H27N4O2S+. The van der Waals surface area contributed by atoms with Crippen molar-refractivity contribution in [2.45, 2.75) is 52.1 Å². The van der Waals surface area contributed by atoms with E-state index in [4.69, 9.17) is 19.4 Å². The van der Waals surface area contributed by atoms with E-state index in [0.29, 0.717) is 0 Å². The topological polar surface area (TPSA) is 61.6 Å². The van der Waals surface area contributed by atoms with Crippen molar-refractivity contribution in [2.24, 2.45) is 0 Å². The first kappa shape index (κ1) is 18.1. The highest BCUT2D eigenvalue weighted by atomic mass is 32.1. The summed E-state index contributed by atoms with van der Waals surface area (Å²) in [5.41, 5.74) is 3.92. The van der Waals surface area contributed by atoms with Crippen LogP contribution in [0.4, 0.5) is 5.82 Å². The number of fused-ring (bicyclic) bond motifs is 5. The molecule has 0 unspecified atom stereocenters. The molecule has 1 N–H and O–H groups in total. The van der Waals surface area contributed by atoms with Gasteiger partial charge in [0.2, 0.25) is 5.52 Å². The highest BCUT2D eigenvalue weighted by Crippen LogP contribution is 2.42. The summed E-state index contributed by atoms with van der Waals surface area (Å²) in [6.45, 7) is 7.65. The Labute approximate surface area is 168 Å². The number of morpholine rings is 1. The first-order valence-electron chi connectivity index (χ1n) is 10.4. The number of thiophene rings is 1. The molecule has 148 valence electrons. The van der Waals surface area contributed by atoms with Crippen molar-refractivity contribution in [1.82, 2.24) is 9.97 Å². The summed E-state index contributed by atoms with van der Waals surface area (Å²) in [6.07, 6.45) is 7.59. The standard InChI is InChI=1S/C21H26N4O2S/c1-3-13(2)27-20-18-17(22-12-23-20)16-14-6-4-5-7-15(14)19(24-21(16)28-18)25-8-10-26-11-9-25/h12-13H,3-11H2,1-2H3/p+1/t13-/m0/s1. The van der Waals surface area contributed by atoms with Gasteiger partial charge in [-0.15, -0.1) is 11.3 Å². The van der Waals surface area contributed by atoms with Crippen molar-refractivity contribution < 1.29 is 14.5 Å². The zero-order valence-electron chi connectivity index (χ0n) is 16.6. The van der Waals surface area contributed by atoms with Gasteiger partial charge in [0, 0.05) is 13.1 Å². The number of hydrogen-bond donors (Lipinski definition) is 0. The molecule has 2 aliphatic rings. The number of aryl methyl sites for hydroxylation is 1. The summed E-state index contributed by atoms with van der Waals surface area (Å²) in [7, 11) is 0. The molecule has 1 aliphatic carbocycles. The Balaban J connectivity index is 1.72. The van der Waals surface area contributed by atoms with Crippen LogP contribution in [0.1, 0.15) is 44.2 Å². The van der Waals surface area contributed by atoms with Crippen LogP contribution >= 0.6 is 11.3 Å². The lowest BCUT2D eigenvalue weighted by atomic mass is 9.90. The van der Waals surface area contributed by atoms with E-state index in [1.807, 2.05) is 0 Å². The summed E-state index contributed by atoms with van der Waals surface area (Å²) in [5, 5.41) is 1.25. The number of aromatic amines is 1. The molecule has 0 aromatic carbocycles. The van der Waals surface area contributed by atoms with E-state index in [1.165, 1.54) is 35.2 Å². The molecule has 0 bridgehead atoms. The van der Waals surface area contributed by atoms with Gasteiger partial charge in [0.1, 0.15) is 10.6 Å². The van der Waals surface area contributed by atoms with Gasteiger partial charge >= 0.3 is 5.88 Å². The molecule has 0 amide bonds. The minimum absolute atomic E-state index is 0.165. The Bertz CT molecular complexity index is 1010. The molecule has 1 aliphatic heterocycles. The smallest absolute Gasteiger partial charge is 0.304 e. The molecule has 0 radical (unpaired) electrons. The molecule has 6 nitrogen and oxygen atoms in total. The van der Waals surface area contributed by atoms with Crippen molar-refractivity contribution in [3.63, 3.8) is 0 Å². The number of anilines is 1. The SMILES string of the molecule is CC[C@H](C)Oc1[nH+]cnc2c1sc1nc(N3CCOCC3)c3c(c12)CCCC3. The fourth-order valence-electron chi connectivity index (χ4n) is 4.26. The van der Waals surface area contributed by atoms with Gasteiger partial charge in [-0.3, -0.25) is 0 Å². The van der Waals surface area contributed by atoms with Gasteiger partial charge in [0.15, 0.2) is 4.70 Å². The summed E-state index contributed by atoms with van der Waals surface area (Å²) >= 11 is 1.70. The molecule has 3 aromatic rings. The lowest BCUT2D eigenvalue weighted by Crippen LogP contribution is -2.37. The van der Waals surface area contributed by atoms with Crippen LogP contribution in [0.5, 0.6) is 5.88 Å². The summed E-state index contributed by atoms with van der Waals surface area (Å²) < 4.78 is 12.8. The van der Waals surface area contributed by atoms with Gasteiger partial charge in [-0.05, 0) is 55.1 Å². The second-order valence-corrected chi connectivity index (χ2v) is 8.73. The summed E-state index contributed by atoms with van der Waals surface area (Å²) in [6, 6.07) is 0. The number of nitrogens with one attached hydrogen (secondary N) is 1. The molecule has 28 heavy (non-hydrogen) atoms. The second-order valence-electron chi connectivity index (χ2n) is 7.73. The van der Waals surface area contributed by atoms with Crippen LogP contribution in [-0.2, 0) is 17.6 Å². The summed E-state index contributed by atoms with van der Waals surface area (Å²) in [5.74, 6) is 1.99. The van der Waals surface area contributed by atoms with Crippen molar-refractivity contribution >= 4 is 37.6 Å². The third kappa shape index (κ3) is 3.01. The Hall–Kier alpha value is -1.99. The zero-order chi connectivity index (χ0) is 19.1. The van der Waals surface area contributed by atoms with Gasteiger partial charge in [0.25, 0.3) is 6.33 Å². The van der Waals surface area contributed by atoms with Crippen LogP contribution in [-0.4, -0.2) is 42.4 Å². The van der Waals surface area contributed by atoms with Crippen LogP contribution < -0.4 is 14.6 Å². The maximum Gasteiger partial charge on any atom is 0.304 e. The number of pyridine rings is 1. The number of rotatable bonds is 4. The molecule has 0 spiro atoms. The Morgan fingerprint density at radius 1 is 1.25 bits per heavy atom. The Kier molecular flexibility index (Phi) is 4.80. The molecular weight excluding hydrogens is 372 g/mol. The highest BCUT2D eigenvalue weighted by molar-refractivity contribution is 7.25. The van der Waals surface area contributed by atoms with Crippen molar-refractivity contribution in [3.05, 3.63) is 17.5 Å². The Morgan fingerprint density at radius 2 is 2.04 bits per heavy atom. The molecule has 1 atom stereocenters. The van der Waals surface area contributed by atoms with E-state index in [0.717, 1.165) is 66.5 Å². The number of H-pyrrole nitrogens is 1. The van der Waals surface area contributed by atoms with Crippen LogP contribution in [0.2, 0.25) is 0 Å². The van der Waals surface area contributed by atoms with Crippen LogP contribution in [0.15, 0.2) is 6.33 Å². The molecule has 7 heteroatoms. The lowest BCUT2D eigenvalue weighted by molar-refractivity contribution is -0.398. The lowest BCUT2D eigenvalue weighted by Gasteiger charge is -2.31. The van der Waals surface area contributed by atoms with Crippen LogP contribution in [0.25, 0.3) is 20.4 Å². The maximum atomic E-state index is 6.16. The second kappa shape index (κ2) is 7.44. The minimum atomic E-state index is 0.165. The number of hydrogen-bond acceptors (Lipinski definition) is 6. The fraction of sp³-hybridized carbons (Fsp3) is 0.571. The van der Waals surface area contributed by atoms with Crippen molar-refractivity contribution in [3.8, 4) is 5.88 Å². The normalized spacial score (nSPS) is 18.4. The summed E-state index contributed by atoms with van der Waals surface area (Å²) in [4.78, 5) is 16.6. The zero-order valence-corrected chi connectivity index (χ0v) is 17.4. The molecule has 5 rings (SSSR count). The van der Waals surface area contributed by atoms with Crippen LogP contribution in [0, 0.1) is 0 Å². The van der Waals surface area contributed by atoms with E-state index in [2.05, 4.69) is 23.7 Å². The first-order chi connectivity index (χ1) is 13.8. The van der Waals surface area contributed by atoms with Gasteiger partial charge in [-0.2, -0.15) is 0 Å². The van der Waals surface area contributed by atoms with Crippen molar-refractivity contribution in [1.29, 1.82) is 0 Å². The number of aromatic nitrogens is 3. The molecule has 4 heterocycles. The van der Waals surface area contributed by atoms with Gasteiger partial charge in [0.05, 0.1) is 24.7 Å². The van der Waals surface area contributed by atoms with Gasteiger partial charge in [-0.1, -0.05) is 6.92 Å². The molecule has 1 fully saturated rings. The van der Waals surface area contributed by atoms with E-state index >= 15 is 0 Å². The van der Waals surface area contributed by atoms with E-state index in [-0.39, 0.29) is 6.10 Å². The predicted molar refractivity (Wildman–Crippen MR) is 112 cm³/mol. The van der Waals surface area contributed by atoms with E-state index in [1.54, 1.807) is 17.7 Å².